The van der Waals surface area contributed by atoms with Crippen molar-refractivity contribution in [3.8, 4) is 11.4 Å². The van der Waals surface area contributed by atoms with Gasteiger partial charge in [0.05, 0.1) is 18.6 Å². The van der Waals surface area contributed by atoms with Crippen LogP contribution >= 0.6 is 23.1 Å². The van der Waals surface area contributed by atoms with Gasteiger partial charge < -0.3 is 9.72 Å². The highest BCUT2D eigenvalue weighted by atomic mass is 32.2. The summed E-state index contributed by atoms with van der Waals surface area (Å²) in [5, 5.41) is 13.3. The van der Waals surface area contributed by atoms with Crippen molar-refractivity contribution in [2.75, 3.05) is 18.2 Å². The van der Waals surface area contributed by atoms with Crippen molar-refractivity contribution in [1.29, 1.82) is 0 Å². The van der Waals surface area contributed by atoms with Gasteiger partial charge in [0.2, 0.25) is 11.0 Å². The van der Waals surface area contributed by atoms with Crippen molar-refractivity contribution >= 4 is 56.1 Å². The highest BCUT2D eigenvalue weighted by molar-refractivity contribution is 7.99. The third-order valence-electron chi connectivity index (χ3n) is 5.42. The number of benzene rings is 2. The zero-order valence-electron chi connectivity index (χ0n) is 19.3. The number of fused-ring (bicyclic) bond motifs is 3. The van der Waals surface area contributed by atoms with Crippen LogP contribution in [0.4, 0.5) is 5.13 Å². The van der Waals surface area contributed by atoms with Crippen LogP contribution in [0.5, 0.6) is 5.75 Å². The summed E-state index contributed by atoms with van der Waals surface area (Å²) in [6.07, 6.45) is 0.751. The molecule has 3 heterocycles. The molecule has 1 amide bonds. The highest BCUT2D eigenvalue weighted by Gasteiger charge is 2.20. The van der Waals surface area contributed by atoms with Crippen LogP contribution in [0.15, 0.2) is 52.4 Å². The Morgan fingerprint density at radius 3 is 2.83 bits per heavy atom. The SMILES string of the molecule is CCc1nnc(NC(=O)CSc2nc3c([nH]c4ccccc43)c(=O)n2-c2cc(C)ccc2OC)s1. The summed E-state index contributed by atoms with van der Waals surface area (Å²) >= 11 is 2.52. The first-order valence-corrected chi connectivity index (χ1v) is 12.7. The van der Waals surface area contributed by atoms with Crippen molar-refractivity contribution in [2.24, 2.45) is 0 Å². The van der Waals surface area contributed by atoms with Crippen molar-refractivity contribution in [1.82, 2.24) is 24.7 Å². The second kappa shape index (κ2) is 9.51. The lowest BCUT2D eigenvalue weighted by Crippen LogP contribution is -2.23. The number of carbonyl (C=O) groups excluding carboxylic acids is 1. The molecule has 0 aliphatic rings. The van der Waals surface area contributed by atoms with Gasteiger partial charge >= 0.3 is 0 Å². The molecule has 3 aromatic heterocycles. The van der Waals surface area contributed by atoms with Gasteiger partial charge in [0, 0.05) is 10.9 Å². The Labute approximate surface area is 208 Å². The average Bonchev–Trinajstić information content (AvgIpc) is 3.47. The summed E-state index contributed by atoms with van der Waals surface area (Å²) in [5.74, 6) is 0.308. The van der Waals surface area contributed by atoms with Crippen LogP contribution in [-0.4, -0.2) is 43.5 Å². The van der Waals surface area contributed by atoms with E-state index in [-0.39, 0.29) is 17.2 Å². The normalized spacial score (nSPS) is 11.3. The molecule has 0 fully saturated rings. The van der Waals surface area contributed by atoms with E-state index in [4.69, 9.17) is 9.72 Å². The number of ether oxygens (including phenoxy) is 1. The number of thioether (sulfide) groups is 1. The summed E-state index contributed by atoms with van der Waals surface area (Å²) in [7, 11) is 1.56. The number of amides is 1. The number of nitrogens with zero attached hydrogens (tertiary/aromatic N) is 4. The van der Waals surface area contributed by atoms with Gasteiger partial charge in [-0.3, -0.25) is 14.9 Å². The minimum atomic E-state index is -0.269. The van der Waals surface area contributed by atoms with Crippen LogP contribution in [0, 0.1) is 6.92 Å². The van der Waals surface area contributed by atoms with E-state index in [0.29, 0.717) is 32.8 Å². The number of nitrogens with one attached hydrogen (secondary N) is 2. The number of aryl methyl sites for hydroxylation is 2. The van der Waals surface area contributed by atoms with Gasteiger partial charge in [-0.05, 0) is 37.1 Å². The quantitative estimate of drug-likeness (QED) is 0.249. The summed E-state index contributed by atoms with van der Waals surface area (Å²) in [5.41, 5.74) is 3.02. The predicted molar refractivity (Wildman–Crippen MR) is 139 cm³/mol. The number of aromatic nitrogens is 5. The van der Waals surface area contributed by atoms with Crippen LogP contribution in [0.3, 0.4) is 0 Å². The second-order valence-corrected chi connectivity index (χ2v) is 9.80. The topological polar surface area (TPSA) is 115 Å². The Kier molecular flexibility index (Phi) is 6.27. The van der Waals surface area contributed by atoms with Gasteiger partial charge in [-0.1, -0.05) is 54.3 Å². The van der Waals surface area contributed by atoms with Gasteiger partial charge in [0.1, 0.15) is 21.8 Å². The van der Waals surface area contributed by atoms with Gasteiger partial charge in [-0.2, -0.15) is 0 Å². The molecule has 0 unspecified atom stereocenters. The van der Waals surface area contributed by atoms with Gasteiger partial charge in [-0.15, -0.1) is 10.2 Å². The van der Waals surface area contributed by atoms with Crippen molar-refractivity contribution in [3.05, 3.63) is 63.4 Å². The van der Waals surface area contributed by atoms with Crippen LogP contribution in [0.2, 0.25) is 0 Å². The molecule has 178 valence electrons. The fourth-order valence-electron chi connectivity index (χ4n) is 3.76. The highest BCUT2D eigenvalue weighted by Crippen LogP contribution is 2.30. The zero-order valence-corrected chi connectivity index (χ0v) is 20.9. The van der Waals surface area contributed by atoms with Crippen molar-refractivity contribution in [3.63, 3.8) is 0 Å². The number of carbonyl (C=O) groups is 1. The molecule has 0 saturated carbocycles. The Balaban J connectivity index is 1.60. The Morgan fingerprint density at radius 1 is 1.23 bits per heavy atom. The third-order valence-corrected chi connectivity index (χ3v) is 7.34. The second-order valence-electron chi connectivity index (χ2n) is 7.80. The maximum Gasteiger partial charge on any atom is 0.283 e. The monoisotopic (exact) mass is 506 g/mol. The number of anilines is 1. The summed E-state index contributed by atoms with van der Waals surface area (Å²) < 4.78 is 7.05. The van der Waals surface area contributed by atoms with Crippen LogP contribution in [-0.2, 0) is 11.2 Å². The molecule has 0 bridgehead atoms. The predicted octanol–water partition coefficient (Wildman–Crippen LogP) is 4.33. The molecule has 9 nitrogen and oxygen atoms in total. The minimum Gasteiger partial charge on any atom is -0.495 e. The van der Waals surface area contributed by atoms with E-state index in [0.717, 1.165) is 27.9 Å². The van der Waals surface area contributed by atoms with Gasteiger partial charge in [0.15, 0.2) is 5.16 Å². The first kappa shape index (κ1) is 23.1. The van der Waals surface area contributed by atoms with E-state index in [9.17, 15) is 9.59 Å². The molecule has 0 aliphatic heterocycles. The smallest absolute Gasteiger partial charge is 0.283 e. The van der Waals surface area contributed by atoms with Gasteiger partial charge in [-0.25, -0.2) is 9.55 Å². The molecule has 0 aliphatic carbocycles. The lowest BCUT2D eigenvalue weighted by Gasteiger charge is -2.15. The first-order chi connectivity index (χ1) is 17.0. The maximum atomic E-state index is 13.8. The summed E-state index contributed by atoms with van der Waals surface area (Å²) in [6, 6.07) is 13.2. The van der Waals surface area contributed by atoms with E-state index in [1.165, 1.54) is 27.7 Å². The maximum absolute atomic E-state index is 13.8. The Bertz CT molecular complexity index is 1620. The number of methoxy groups -OCH3 is 1. The Hall–Kier alpha value is -3.70. The molecule has 0 saturated heterocycles. The molecule has 0 spiro atoms. The number of aromatic amines is 1. The number of hydrogen-bond acceptors (Lipinski definition) is 8. The zero-order chi connectivity index (χ0) is 24.5. The van der Waals surface area contributed by atoms with Gasteiger partial charge in [0.25, 0.3) is 5.56 Å². The van der Waals surface area contributed by atoms with Crippen LogP contribution < -0.4 is 15.6 Å². The first-order valence-electron chi connectivity index (χ1n) is 10.9. The van der Waals surface area contributed by atoms with E-state index >= 15 is 0 Å². The summed E-state index contributed by atoms with van der Waals surface area (Å²) in [6.45, 7) is 3.92. The lowest BCUT2D eigenvalue weighted by atomic mass is 10.2. The molecule has 11 heteroatoms. The largest absolute Gasteiger partial charge is 0.495 e. The molecule has 0 radical (unpaired) electrons. The number of rotatable bonds is 7. The fraction of sp³-hybridized carbons (Fsp3) is 0.208. The van der Waals surface area contributed by atoms with E-state index in [1.54, 1.807) is 7.11 Å². The molecular weight excluding hydrogens is 484 g/mol. The van der Waals surface area contributed by atoms with E-state index in [2.05, 4.69) is 20.5 Å². The number of para-hydroxylation sites is 1. The molecule has 5 aromatic rings. The van der Waals surface area contributed by atoms with Crippen LogP contribution in [0.1, 0.15) is 17.5 Å². The molecule has 0 atom stereocenters. The summed E-state index contributed by atoms with van der Waals surface area (Å²) in [4.78, 5) is 34.5. The van der Waals surface area contributed by atoms with Crippen LogP contribution in [0.25, 0.3) is 27.6 Å². The molecule has 2 aromatic carbocycles. The Morgan fingerprint density at radius 2 is 2.06 bits per heavy atom. The third kappa shape index (κ3) is 4.40. The fourth-order valence-corrected chi connectivity index (χ4v) is 5.25. The van der Waals surface area contributed by atoms with E-state index < -0.39 is 0 Å². The average molecular weight is 507 g/mol. The number of H-pyrrole nitrogens is 1. The van der Waals surface area contributed by atoms with Crippen molar-refractivity contribution < 1.29 is 9.53 Å². The number of hydrogen-bond donors (Lipinski definition) is 2. The standard InChI is InChI=1S/C24H22N6O3S2/c1-4-19-28-29-23(35-19)26-18(31)12-34-24-27-20-14-7-5-6-8-15(14)25-21(20)22(32)30(24)16-11-13(2)9-10-17(16)33-3/h5-11,25H,4,12H2,1-3H3,(H,26,29,31). The van der Waals surface area contributed by atoms with E-state index in [1.807, 2.05) is 56.3 Å². The lowest BCUT2D eigenvalue weighted by molar-refractivity contribution is -0.113. The molecular formula is C24H22N6O3S2. The molecule has 35 heavy (non-hydrogen) atoms. The minimum absolute atomic E-state index is 0.0372. The molecule has 5 rings (SSSR count). The molecule has 2 N–H and O–H groups in total. The van der Waals surface area contributed by atoms with Crippen molar-refractivity contribution in [2.45, 2.75) is 25.4 Å².